The molecule has 2 N–H and O–H groups in total. The molecule has 1 saturated carbocycles. The van der Waals surface area contributed by atoms with Gasteiger partial charge in [-0.25, -0.2) is 9.97 Å². The van der Waals surface area contributed by atoms with E-state index in [1.807, 2.05) is 41.3 Å². The van der Waals surface area contributed by atoms with Gasteiger partial charge in [0.05, 0.1) is 12.1 Å². The maximum atomic E-state index is 14.0. The van der Waals surface area contributed by atoms with Crippen molar-refractivity contribution in [2.75, 3.05) is 14.2 Å². The van der Waals surface area contributed by atoms with E-state index in [0.29, 0.717) is 16.4 Å². The maximum absolute atomic E-state index is 14.0. The fourth-order valence-electron chi connectivity index (χ4n) is 4.75. The molecule has 188 valence electrons. The fourth-order valence-corrected chi connectivity index (χ4v) is 6.22. The number of nitrogens with zero attached hydrogens (tertiary/aromatic N) is 3. The molecule has 0 aliphatic heterocycles. The first-order chi connectivity index (χ1) is 17.7. The number of hydrogen-bond donors (Lipinski definition) is 1. The number of nitrogens with two attached hydrogens (primary N) is 1. The lowest BCUT2D eigenvalue weighted by atomic mass is 9.93. The third-order valence-corrected chi connectivity index (χ3v) is 8.18. The van der Waals surface area contributed by atoms with Crippen LogP contribution in [-0.2, 0) is 6.54 Å². The molecule has 8 heteroatoms. The number of halogens is 1. The molecule has 1 fully saturated rings. The van der Waals surface area contributed by atoms with Crippen molar-refractivity contribution < 1.29 is 9.53 Å². The number of thiophene rings is 1. The molecule has 0 bridgehead atoms. The number of benzene rings is 2. The predicted molar refractivity (Wildman–Crippen MR) is 148 cm³/mol. The Morgan fingerprint density at radius 2 is 1.81 bits per heavy atom. The maximum Gasteiger partial charge on any atom is 0.266 e. The third-order valence-electron chi connectivity index (χ3n) is 6.52. The summed E-state index contributed by atoms with van der Waals surface area (Å²) in [5.41, 5.74) is 7.38. The van der Waals surface area contributed by atoms with Crippen molar-refractivity contribution in [1.29, 1.82) is 0 Å². The van der Waals surface area contributed by atoms with Gasteiger partial charge in [0.25, 0.3) is 5.91 Å². The van der Waals surface area contributed by atoms with Crippen LogP contribution in [0.4, 0.5) is 0 Å². The molecular weight excluding hydrogens is 492 g/mol. The Morgan fingerprint density at radius 3 is 2.50 bits per heavy atom. The topological polar surface area (TPSA) is 81.3 Å². The normalized spacial score (nSPS) is 13.7. The van der Waals surface area contributed by atoms with Crippen LogP contribution >= 0.6 is 22.9 Å². The van der Waals surface area contributed by atoms with Gasteiger partial charge in [-0.1, -0.05) is 55.1 Å². The first-order valence-electron chi connectivity index (χ1n) is 12.1. The van der Waals surface area contributed by atoms with Gasteiger partial charge in [-0.2, -0.15) is 0 Å². The highest BCUT2D eigenvalue weighted by atomic mass is 35.5. The molecule has 6 nitrogen and oxygen atoms in total. The molecule has 2 heterocycles. The quantitative estimate of drug-likeness (QED) is 0.309. The Balaban J connectivity index is 0.00000148. The molecule has 5 rings (SSSR count). The summed E-state index contributed by atoms with van der Waals surface area (Å²) in [6, 6.07) is 14.1. The highest BCUT2D eigenvalue weighted by molar-refractivity contribution is 7.21. The van der Waals surface area contributed by atoms with Crippen LogP contribution in [0.1, 0.15) is 47.3 Å². The van der Waals surface area contributed by atoms with Crippen LogP contribution in [0.15, 0.2) is 61.2 Å². The molecule has 4 aromatic rings. The van der Waals surface area contributed by atoms with Crippen LogP contribution in [0.2, 0.25) is 5.02 Å². The van der Waals surface area contributed by atoms with Crippen molar-refractivity contribution in [3.05, 3.63) is 76.6 Å². The summed E-state index contributed by atoms with van der Waals surface area (Å²) >= 11 is 8.20. The lowest BCUT2D eigenvalue weighted by Crippen LogP contribution is -2.40. The summed E-state index contributed by atoms with van der Waals surface area (Å²) in [5.74, 6) is 0.755. The summed E-state index contributed by atoms with van der Waals surface area (Å²) in [5, 5.41) is 1.48. The van der Waals surface area contributed by atoms with Gasteiger partial charge in [0.15, 0.2) is 0 Å². The zero-order chi connectivity index (χ0) is 25.5. The average molecular weight is 523 g/mol. The van der Waals surface area contributed by atoms with Gasteiger partial charge in [0.1, 0.15) is 17.0 Å². The van der Waals surface area contributed by atoms with Crippen molar-refractivity contribution >= 4 is 38.9 Å². The second kappa shape index (κ2) is 12.3. The predicted octanol–water partition coefficient (Wildman–Crippen LogP) is 6.57. The van der Waals surface area contributed by atoms with Crippen LogP contribution in [0.5, 0.6) is 5.75 Å². The monoisotopic (exact) mass is 522 g/mol. The summed E-state index contributed by atoms with van der Waals surface area (Å²) in [7, 11) is 3.17. The van der Waals surface area contributed by atoms with Crippen LogP contribution < -0.4 is 10.5 Å². The van der Waals surface area contributed by atoms with Gasteiger partial charge < -0.3 is 15.4 Å². The van der Waals surface area contributed by atoms with E-state index in [0.717, 1.165) is 58.2 Å². The standard InChI is InChI=1S/C27H26ClN3O2S.CH5N/c1-33-23-12-11-18(20-14-29-17-30-15-20)13-19(23)16-31(21-7-3-2-4-8-21)27(32)26-25(28)22-9-5-6-10-24(22)34-26;1-2/h5-6,9-15,17,21H,2-4,7-8,16H2,1H3;2H2,1H3. The van der Waals surface area contributed by atoms with E-state index >= 15 is 0 Å². The highest BCUT2D eigenvalue weighted by Crippen LogP contribution is 2.38. The van der Waals surface area contributed by atoms with Gasteiger partial charge in [0.2, 0.25) is 0 Å². The van der Waals surface area contributed by atoms with Crippen LogP contribution in [-0.4, -0.2) is 41.0 Å². The average Bonchev–Trinajstić information content (AvgIpc) is 3.29. The lowest BCUT2D eigenvalue weighted by Gasteiger charge is -2.34. The fraction of sp³-hybridized carbons (Fsp3) is 0.321. The number of methoxy groups -OCH3 is 1. The Hall–Kier alpha value is -3.00. The lowest BCUT2D eigenvalue weighted by molar-refractivity contribution is 0.0618. The van der Waals surface area contributed by atoms with Crippen LogP contribution in [0, 0.1) is 0 Å². The summed E-state index contributed by atoms with van der Waals surface area (Å²) in [6.45, 7) is 0.457. The summed E-state index contributed by atoms with van der Waals surface area (Å²) in [6.07, 6.45) is 10.6. The SMILES string of the molecule is CN.COc1ccc(-c2cncnc2)cc1CN(C(=O)c1sc2ccccc2c1Cl)C1CCCCC1. The van der Waals surface area contributed by atoms with Crippen molar-refractivity contribution in [2.45, 2.75) is 44.7 Å². The van der Waals surface area contributed by atoms with Gasteiger partial charge in [-0.3, -0.25) is 4.79 Å². The molecule has 36 heavy (non-hydrogen) atoms. The molecule has 0 radical (unpaired) electrons. The van der Waals surface area contributed by atoms with E-state index in [4.69, 9.17) is 16.3 Å². The van der Waals surface area contributed by atoms with E-state index in [9.17, 15) is 4.79 Å². The molecular formula is C28H31ClN4O2S. The van der Waals surface area contributed by atoms with Gasteiger partial charge in [-0.15, -0.1) is 11.3 Å². The van der Waals surface area contributed by atoms with Crippen molar-refractivity contribution in [2.24, 2.45) is 5.73 Å². The molecule has 1 amide bonds. The Kier molecular flexibility index (Phi) is 8.91. The smallest absolute Gasteiger partial charge is 0.266 e. The van der Waals surface area contributed by atoms with Gasteiger partial charge in [0, 0.05) is 46.2 Å². The molecule has 1 aliphatic carbocycles. The summed E-state index contributed by atoms with van der Waals surface area (Å²) < 4.78 is 6.72. The van der Waals surface area contributed by atoms with Crippen molar-refractivity contribution in [1.82, 2.24) is 14.9 Å². The molecule has 0 atom stereocenters. The largest absolute Gasteiger partial charge is 0.496 e. The first-order valence-corrected chi connectivity index (χ1v) is 13.3. The van der Waals surface area contributed by atoms with Gasteiger partial charge in [-0.05, 0) is 43.7 Å². The Labute approximate surface area is 221 Å². The summed E-state index contributed by atoms with van der Waals surface area (Å²) in [4.78, 5) is 24.9. The minimum absolute atomic E-state index is 0.00593. The van der Waals surface area contributed by atoms with E-state index in [-0.39, 0.29) is 11.9 Å². The molecule has 0 saturated heterocycles. The Bertz CT molecular complexity index is 1310. The highest BCUT2D eigenvalue weighted by Gasteiger charge is 2.30. The number of fused-ring (bicyclic) bond motifs is 1. The number of carbonyl (C=O) groups is 1. The third kappa shape index (κ3) is 5.53. The number of rotatable bonds is 6. The first kappa shape index (κ1) is 26.1. The van der Waals surface area contributed by atoms with E-state index < -0.39 is 0 Å². The number of amides is 1. The number of carbonyl (C=O) groups excluding carboxylic acids is 1. The van der Waals surface area contributed by atoms with Crippen molar-refractivity contribution in [3.8, 4) is 16.9 Å². The number of hydrogen-bond acceptors (Lipinski definition) is 6. The number of aromatic nitrogens is 2. The molecule has 2 aromatic heterocycles. The van der Waals surface area contributed by atoms with Gasteiger partial charge >= 0.3 is 0 Å². The van der Waals surface area contributed by atoms with E-state index in [2.05, 4.69) is 21.8 Å². The molecule has 2 aromatic carbocycles. The van der Waals surface area contributed by atoms with Crippen molar-refractivity contribution in [3.63, 3.8) is 0 Å². The molecule has 0 unspecified atom stereocenters. The minimum Gasteiger partial charge on any atom is -0.496 e. The second-order valence-corrected chi connectivity index (χ2v) is 10.1. The van der Waals surface area contributed by atoms with Crippen LogP contribution in [0.3, 0.4) is 0 Å². The van der Waals surface area contributed by atoms with Crippen LogP contribution in [0.25, 0.3) is 21.2 Å². The number of ether oxygens (including phenoxy) is 1. The molecule has 0 spiro atoms. The minimum atomic E-state index is -0.00593. The van der Waals surface area contributed by atoms with E-state index in [1.54, 1.807) is 19.5 Å². The second-order valence-electron chi connectivity index (χ2n) is 8.62. The molecule has 1 aliphatic rings. The van der Waals surface area contributed by atoms with E-state index in [1.165, 1.54) is 31.1 Å². The zero-order valence-corrected chi connectivity index (χ0v) is 22.2. The zero-order valence-electron chi connectivity index (χ0n) is 20.6. The Morgan fingerprint density at radius 1 is 1.08 bits per heavy atom.